The molecule has 2 aliphatic rings. The first-order valence-corrected chi connectivity index (χ1v) is 12.9. The smallest absolute Gasteiger partial charge is 0.417 e. The number of amides is 1. The lowest BCUT2D eigenvalue weighted by Gasteiger charge is -2.32. The number of aromatic nitrogens is 1. The average molecular weight is 515 g/mol. The number of halogens is 3. The van der Waals surface area contributed by atoms with E-state index in [1.165, 1.54) is 6.07 Å². The van der Waals surface area contributed by atoms with Gasteiger partial charge in [-0.1, -0.05) is 12.1 Å². The van der Waals surface area contributed by atoms with E-state index in [1.54, 1.807) is 0 Å². The number of hydrogen-bond acceptors (Lipinski definition) is 5. The summed E-state index contributed by atoms with van der Waals surface area (Å²) in [6, 6.07) is 15.9. The zero-order valence-corrected chi connectivity index (χ0v) is 20.2. The lowest BCUT2D eigenvalue weighted by molar-refractivity contribution is -0.137. The van der Waals surface area contributed by atoms with Crippen LogP contribution >= 0.6 is 0 Å². The van der Waals surface area contributed by atoms with Crippen molar-refractivity contribution in [3.63, 3.8) is 0 Å². The first kappa shape index (κ1) is 24.6. The summed E-state index contributed by atoms with van der Waals surface area (Å²) in [6.45, 7) is 1.83. The maximum absolute atomic E-state index is 13.1. The van der Waals surface area contributed by atoms with Gasteiger partial charge < -0.3 is 15.2 Å². The summed E-state index contributed by atoms with van der Waals surface area (Å²) in [4.78, 5) is 16.6. The third-order valence-electron chi connectivity index (χ3n) is 6.55. The Morgan fingerprint density at radius 2 is 1.75 bits per heavy atom. The Bertz CT molecular complexity index is 1230. The maximum atomic E-state index is 13.1. The van der Waals surface area contributed by atoms with Gasteiger partial charge in [0.1, 0.15) is 5.82 Å². The molecule has 36 heavy (non-hydrogen) atoms. The predicted octanol–water partition coefficient (Wildman–Crippen LogP) is 4.65. The molecule has 3 heterocycles. The largest absolute Gasteiger partial charge is 0.593 e. The third kappa shape index (κ3) is 5.35. The fraction of sp³-hybridized carbons (Fsp3) is 0.308. The van der Waals surface area contributed by atoms with Crippen molar-refractivity contribution >= 4 is 23.1 Å². The first-order chi connectivity index (χ1) is 17.3. The van der Waals surface area contributed by atoms with Crippen molar-refractivity contribution in [1.82, 2.24) is 14.6 Å². The van der Waals surface area contributed by atoms with Crippen molar-refractivity contribution < 1.29 is 22.5 Å². The number of rotatable bonds is 5. The Morgan fingerprint density at radius 1 is 1.03 bits per heavy atom. The highest BCUT2D eigenvalue weighted by molar-refractivity contribution is 7.89. The standard InChI is InChI=1S/C26H25F3N4O2S/c27-26(28,29)20-4-8-24(31-16-20)32-21-10-13-33(14-11-21)36(35)22-5-1-17(2-6-22)18-3-7-23-19(15-18)9-12-30-25(23)34/h1-8,15-16,21H,9-14H2,(H,30,34)(H,31,32). The maximum Gasteiger partial charge on any atom is 0.417 e. The van der Waals surface area contributed by atoms with Crippen LogP contribution in [0.1, 0.15) is 34.3 Å². The molecule has 2 N–H and O–H groups in total. The number of carbonyl (C=O) groups is 1. The van der Waals surface area contributed by atoms with Crippen LogP contribution in [0.2, 0.25) is 0 Å². The second-order valence-corrected chi connectivity index (χ2v) is 10.4. The normalized spacial score (nSPS) is 17.8. The van der Waals surface area contributed by atoms with Crippen molar-refractivity contribution in [2.75, 3.05) is 25.0 Å². The summed E-state index contributed by atoms with van der Waals surface area (Å²) >= 11 is -1.30. The van der Waals surface area contributed by atoms with Crippen molar-refractivity contribution in [3.05, 3.63) is 77.5 Å². The number of carbonyl (C=O) groups excluding carboxylic acids is 1. The highest BCUT2D eigenvalue weighted by atomic mass is 32.2. The summed E-state index contributed by atoms with van der Waals surface area (Å²) in [6.07, 6.45) is -1.36. The molecule has 1 atom stereocenters. The van der Waals surface area contributed by atoms with Gasteiger partial charge in [-0.3, -0.25) is 4.79 Å². The number of anilines is 1. The number of benzene rings is 2. The second-order valence-electron chi connectivity index (χ2n) is 8.93. The average Bonchev–Trinajstić information content (AvgIpc) is 2.89. The number of pyridine rings is 1. The quantitative estimate of drug-likeness (QED) is 0.485. The third-order valence-corrected chi connectivity index (χ3v) is 8.06. The van der Waals surface area contributed by atoms with Crippen molar-refractivity contribution in [1.29, 1.82) is 0 Å². The van der Waals surface area contributed by atoms with E-state index in [1.807, 2.05) is 46.8 Å². The Kier molecular flexibility index (Phi) is 6.92. The highest BCUT2D eigenvalue weighted by Gasteiger charge is 2.31. The Labute approximate surface area is 210 Å². The van der Waals surface area contributed by atoms with Crippen LogP contribution < -0.4 is 10.6 Å². The molecule has 188 valence electrons. The molecule has 0 radical (unpaired) electrons. The highest BCUT2D eigenvalue weighted by Crippen LogP contribution is 2.30. The van der Waals surface area contributed by atoms with Gasteiger partial charge in [0.15, 0.2) is 4.90 Å². The van der Waals surface area contributed by atoms with E-state index in [9.17, 15) is 22.5 Å². The van der Waals surface area contributed by atoms with E-state index < -0.39 is 23.1 Å². The van der Waals surface area contributed by atoms with E-state index in [0.29, 0.717) is 43.2 Å². The van der Waals surface area contributed by atoms with Crippen molar-refractivity contribution in [2.45, 2.75) is 36.4 Å². The summed E-state index contributed by atoms with van der Waals surface area (Å²) in [7, 11) is 0. The lowest BCUT2D eigenvalue weighted by atomic mass is 9.95. The number of hydrogen-bond donors (Lipinski definition) is 2. The number of fused-ring (bicyclic) bond motifs is 1. The zero-order valence-electron chi connectivity index (χ0n) is 19.3. The Hall–Kier alpha value is -3.08. The number of alkyl halides is 3. The molecular formula is C26H25F3N4O2S. The van der Waals surface area contributed by atoms with E-state index in [4.69, 9.17) is 0 Å². The van der Waals surface area contributed by atoms with Crippen LogP contribution in [0, 0.1) is 0 Å². The fourth-order valence-electron chi connectivity index (χ4n) is 4.54. The van der Waals surface area contributed by atoms with Gasteiger partial charge in [0, 0.05) is 37.4 Å². The van der Waals surface area contributed by atoms with Gasteiger partial charge >= 0.3 is 6.18 Å². The Balaban J connectivity index is 1.17. The number of nitrogens with one attached hydrogen (secondary N) is 2. The van der Waals surface area contributed by atoms with Crippen LogP contribution in [0.3, 0.4) is 0 Å². The lowest BCUT2D eigenvalue weighted by Crippen LogP contribution is -2.42. The minimum Gasteiger partial charge on any atom is -0.593 e. The molecule has 5 rings (SSSR count). The first-order valence-electron chi connectivity index (χ1n) is 11.8. The molecule has 1 aromatic heterocycles. The molecule has 1 unspecified atom stereocenters. The monoisotopic (exact) mass is 514 g/mol. The molecule has 3 aromatic rings. The number of piperidine rings is 1. The van der Waals surface area contributed by atoms with Gasteiger partial charge in [0.25, 0.3) is 5.91 Å². The SMILES string of the molecule is O=C1NCCc2cc(-c3ccc([S+]([O-])N4CCC(Nc5ccc(C(F)(F)F)cn5)CC4)cc3)ccc21. The van der Waals surface area contributed by atoms with Crippen LogP contribution in [-0.4, -0.2) is 45.4 Å². The molecule has 2 aromatic carbocycles. The van der Waals surface area contributed by atoms with E-state index in [-0.39, 0.29) is 11.9 Å². The molecule has 0 bridgehead atoms. The molecule has 1 fully saturated rings. The minimum atomic E-state index is -4.40. The summed E-state index contributed by atoms with van der Waals surface area (Å²) < 4.78 is 53.2. The van der Waals surface area contributed by atoms with Crippen LogP contribution in [0.4, 0.5) is 19.0 Å². The molecule has 6 nitrogen and oxygen atoms in total. The van der Waals surface area contributed by atoms with Crippen molar-refractivity contribution in [2.24, 2.45) is 0 Å². The molecule has 1 saturated heterocycles. The topological polar surface area (TPSA) is 80.3 Å². The van der Waals surface area contributed by atoms with Gasteiger partial charge in [-0.2, -0.15) is 13.2 Å². The molecule has 0 aliphatic carbocycles. The van der Waals surface area contributed by atoms with E-state index in [0.717, 1.165) is 40.9 Å². The Morgan fingerprint density at radius 3 is 2.42 bits per heavy atom. The minimum absolute atomic E-state index is 0.0388. The van der Waals surface area contributed by atoms with Crippen LogP contribution in [0.5, 0.6) is 0 Å². The molecule has 0 saturated carbocycles. The summed E-state index contributed by atoms with van der Waals surface area (Å²) in [5.74, 6) is 0.365. The number of nitrogens with zero attached hydrogens (tertiary/aromatic N) is 2. The van der Waals surface area contributed by atoms with Gasteiger partial charge in [-0.05, 0) is 78.4 Å². The summed E-state index contributed by atoms with van der Waals surface area (Å²) in [5, 5.41) is 6.03. The van der Waals surface area contributed by atoms with Crippen LogP contribution in [0.25, 0.3) is 11.1 Å². The molecular weight excluding hydrogens is 489 g/mol. The zero-order chi connectivity index (χ0) is 25.3. The van der Waals surface area contributed by atoms with E-state index >= 15 is 0 Å². The van der Waals surface area contributed by atoms with Gasteiger partial charge in [0.05, 0.1) is 16.9 Å². The van der Waals surface area contributed by atoms with Gasteiger partial charge in [0.2, 0.25) is 0 Å². The molecule has 2 aliphatic heterocycles. The van der Waals surface area contributed by atoms with Crippen LogP contribution in [0.15, 0.2) is 65.7 Å². The van der Waals surface area contributed by atoms with Crippen LogP contribution in [-0.2, 0) is 24.0 Å². The fourth-order valence-corrected chi connectivity index (χ4v) is 5.75. The molecule has 0 spiro atoms. The molecule has 1 amide bonds. The summed E-state index contributed by atoms with van der Waals surface area (Å²) in [5.41, 5.74) is 2.99. The van der Waals surface area contributed by atoms with Crippen molar-refractivity contribution in [3.8, 4) is 11.1 Å². The van der Waals surface area contributed by atoms with E-state index in [2.05, 4.69) is 15.6 Å². The molecule has 10 heteroatoms. The second kappa shape index (κ2) is 10.1. The van der Waals surface area contributed by atoms with Gasteiger partial charge in [-0.25, -0.2) is 4.98 Å². The van der Waals surface area contributed by atoms with Gasteiger partial charge in [-0.15, -0.1) is 4.31 Å². The predicted molar refractivity (Wildman–Crippen MR) is 132 cm³/mol.